The van der Waals surface area contributed by atoms with Gasteiger partial charge in [-0.25, -0.2) is 4.79 Å². The molecule has 1 atom stereocenters. The highest BCUT2D eigenvalue weighted by molar-refractivity contribution is 5.82. The van der Waals surface area contributed by atoms with Gasteiger partial charge in [0.25, 0.3) is 0 Å². The molecule has 0 fully saturated rings. The lowest BCUT2D eigenvalue weighted by Crippen LogP contribution is -2.50. The maximum Gasteiger partial charge on any atom is 0.331 e. The maximum atomic E-state index is 12.1. The first-order chi connectivity index (χ1) is 8.03. The van der Waals surface area contributed by atoms with Crippen LogP contribution in [0.3, 0.4) is 0 Å². The highest BCUT2D eigenvalue weighted by atomic mass is 16.5. The standard InChI is InChI=1S/C14H21NO2/c1-4-10-17-13(16)14(15,11(2)3)12-8-6-5-7-9-12/h5-9,11H,4,10,15H2,1-3H3. The highest BCUT2D eigenvalue weighted by Gasteiger charge is 2.40. The molecule has 0 heterocycles. The number of rotatable bonds is 5. The van der Waals surface area contributed by atoms with E-state index in [9.17, 15) is 4.79 Å². The molecule has 0 saturated carbocycles. The first-order valence-electron chi connectivity index (χ1n) is 6.05. The van der Waals surface area contributed by atoms with Crippen LogP contribution in [-0.2, 0) is 15.1 Å². The van der Waals surface area contributed by atoms with Gasteiger partial charge in [0, 0.05) is 0 Å². The summed E-state index contributed by atoms with van der Waals surface area (Å²) in [6, 6.07) is 9.40. The Morgan fingerprint density at radius 2 is 1.94 bits per heavy atom. The zero-order valence-corrected chi connectivity index (χ0v) is 10.8. The Labute approximate surface area is 103 Å². The number of carbonyl (C=O) groups excluding carboxylic acids is 1. The Kier molecular flexibility index (Phi) is 4.70. The first kappa shape index (κ1) is 13.7. The molecule has 1 rings (SSSR count). The second-order valence-electron chi connectivity index (χ2n) is 4.53. The zero-order valence-electron chi connectivity index (χ0n) is 10.8. The number of hydrogen-bond acceptors (Lipinski definition) is 3. The molecule has 0 aliphatic carbocycles. The van der Waals surface area contributed by atoms with Crippen LogP contribution in [0.4, 0.5) is 0 Å². The lowest BCUT2D eigenvalue weighted by molar-refractivity contribution is -0.152. The van der Waals surface area contributed by atoms with Crippen molar-refractivity contribution < 1.29 is 9.53 Å². The number of benzene rings is 1. The molecule has 1 aromatic carbocycles. The normalized spacial score (nSPS) is 14.4. The molecule has 0 aliphatic rings. The van der Waals surface area contributed by atoms with E-state index in [1.165, 1.54) is 0 Å². The van der Waals surface area contributed by atoms with E-state index in [-0.39, 0.29) is 11.9 Å². The SMILES string of the molecule is CCCOC(=O)C(N)(c1ccccc1)C(C)C. The van der Waals surface area contributed by atoms with Crippen molar-refractivity contribution in [2.24, 2.45) is 11.7 Å². The van der Waals surface area contributed by atoms with E-state index < -0.39 is 5.54 Å². The van der Waals surface area contributed by atoms with Gasteiger partial charge in [-0.15, -0.1) is 0 Å². The maximum absolute atomic E-state index is 12.1. The van der Waals surface area contributed by atoms with Crippen molar-refractivity contribution in [3.05, 3.63) is 35.9 Å². The minimum atomic E-state index is -1.06. The average molecular weight is 235 g/mol. The van der Waals surface area contributed by atoms with Crippen LogP contribution >= 0.6 is 0 Å². The minimum Gasteiger partial charge on any atom is -0.464 e. The van der Waals surface area contributed by atoms with Crippen molar-refractivity contribution in [1.82, 2.24) is 0 Å². The molecule has 1 aromatic rings. The summed E-state index contributed by atoms with van der Waals surface area (Å²) in [5, 5.41) is 0. The molecule has 1 unspecified atom stereocenters. The summed E-state index contributed by atoms with van der Waals surface area (Å²) in [7, 11) is 0. The third-order valence-electron chi connectivity index (χ3n) is 2.94. The Balaban J connectivity index is 3.02. The zero-order chi connectivity index (χ0) is 12.9. The fourth-order valence-corrected chi connectivity index (χ4v) is 1.72. The van der Waals surface area contributed by atoms with Gasteiger partial charge in [0.2, 0.25) is 0 Å². The second kappa shape index (κ2) is 5.82. The first-order valence-corrected chi connectivity index (χ1v) is 6.05. The van der Waals surface area contributed by atoms with Gasteiger partial charge >= 0.3 is 5.97 Å². The fourth-order valence-electron chi connectivity index (χ4n) is 1.72. The third kappa shape index (κ3) is 2.86. The van der Waals surface area contributed by atoms with E-state index in [0.717, 1.165) is 12.0 Å². The van der Waals surface area contributed by atoms with Gasteiger partial charge in [-0.2, -0.15) is 0 Å². The van der Waals surface area contributed by atoms with Gasteiger partial charge in [-0.05, 0) is 17.9 Å². The minimum absolute atomic E-state index is 0.0192. The van der Waals surface area contributed by atoms with Crippen molar-refractivity contribution in [3.63, 3.8) is 0 Å². The molecule has 2 N–H and O–H groups in total. The van der Waals surface area contributed by atoms with E-state index >= 15 is 0 Å². The number of carbonyl (C=O) groups is 1. The van der Waals surface area contributed by atoms with Crippen LogP contribution in [0.5, 0.6) is 0 Å². The Bertz CT molecular complexity index is 362. The van der Waals surface area contributed by atoms with Crippen molar-refractivity contribution in [1.29, 1.82) is 0 Å². The van der Waals surface area contributed by atoms with Gasteiger partial charge in [0.05, 0.1) is 6.61 Å². The summed E-state index contributed by atoms with van der Waals surface area (Å²) in [5.41, 5.74) is 6.01. The summed E-state index contributed by atoms with van der Waals surface area (Å²) in [4.78, 5) is 12.1. The lowest BCUT2D eigenvalue weighted by Gasteiger charge is -2.31. The van der Waals surface area contributed by atoms with Crippen molar-refractivity contribution in [2.75, 3.05) is 6.61 Å². The van der Waals surface area contributed by atoms with E-state index in [1.807, 2.05) is 51.1 Å². The number of esters is 1. The molecular formula is C14H21NO2. The van der Waals surface area contributed by atoms with Crippen LogP contribution in [-0.4, -0.2) is 12.6 Å². The fraction of sp³-hybridized carbons (Fsp3) is 0.500. The molecular weight excluding hydrogens is 214 g/mol. The van der Waals surface area contributed by atoms with Crippen molar-refractivity contribution >= 4 is 5.97 Å². The molecule has 0 radical (unpaired) electrons. The van der Waals surface area contributed by atoms with E-state index in [0.29, 0.717) is 6.61 Å². The van der Waals surface area contributed by atoms with Crippen LogP contribution in [0.2, 0.25) is 0 Å². The average Bonchev–Trinajstić information content (AvgIpc) is 2.35. The van der Waals surface area contributed by atoms with Gasteiger partial charge < -0.3 is 10.5 Å². The molecule has 17 heavy (non-hydrogen) atoms. The second-order valence-corrected chi connectivity index (χ2v) is 4.53. The van der Waals surface area contributed by atoms with Crippen molar-refractivity contribution in [3.8, 4) is 0 Å². The molecule has 94 valence electrons. The summed E-state index contributed by atoms with van der Waals surface area (Å²) in [6.07, 6.45) is 0.800. The molecule has 3 heteroatoms. The van der Waals surface area contributed by atoms with Gasteiger partial charge in [0.1, 0.15) is 5.54 Å². The van der Waals surface area contributed by atoms with Crippen LogP contribution < -0.4 is 5.73 Å². The molecule has 3 nitrogen and oxygen atoms in total. The number of ether oxygens (including phenoxy) is 1. The number of nitrogens with two attached hydrogens (primary N) is 1. The Morgan fingerprint density at radius 1 is 1.35 bits per heavy atom. The highest BCUT2D eigenvalue weighted by Crippen LogP contribution is 2.28. The van der Waals surface area contributed by atoms with Crippen LogP contribution in [0.15, 0.2) is 30.3 Å². The van der Waals surface area contributed by atoms with Crippen LogP contribution in [0.25, 0.3) is 0 Å². The molecule has 0 aliphatic heterocycles. The molecule has 0 spiro atoms. The van der Waals surface area contributed by atoms with Crippen LogP contribution in [0, 0.1) is 5.92 Å². The van der Waals surface area contributed by atoms with Gasteiger partial charge in [-0.1, -0.05) is 51.1 Å². The molecule has 0 aromatic heterocycles. The largest absolute Gasteiger partial charge is 0.464 e. The van der Waals surface area contributed by atoms with E-state index in [2.05, 4.69) is 0 Å². The predicted octanol–water partition coefficient (Wildman–Crippen LogP) is 2.45. The summed E-state index contributed by atoms with van der Waals surface area (Å²) in [6.45, 7) is 6.24. The Morgan fingerprint density at radius 3 is 2.41 bits per heavy atom. The molecule has 0 amide bonds. The quantitative estimate of drug-likeness (QED) is 0.797. The molecule has 0 bridgehead atoms. The molecule has 0 saturated heterocycles. The van der Waals surface area contributed by atoms with Crippen molar-refractivity contribution in [2.45, 2.75) is 32.7 Å². The number of hydrogen-bond donors (Lipinski definition) is 1. The summed E-state index contributed by atoms with van der Waals surface area (Å²) >= 11 is 0. The Hall–Kier alpha value is -1.35. The summed E-state index contributed by atoms with van der Waals surface area (Å²) in [5.74, 6) is -0.366. The topological polar surface area (TPSA) is 52.3 Å². The van der Waals surface area contributed by atoms with Gasteiger partial charge in [-0.3, -0.25) is 0 Å². The smallest absolute Gasteiger partial charge is 0.331 e. The lowest BCUT2D eigenvalue weighted by atomic mass is 9.81. The third-order valence-corrected chi connectivity index (χ3v) is 2.94. The van der Waals surface area contributed by atoms with E-state index in [4.69, 9.17) is 10.5 Å². The monoisotopic (exact) mass is 235 g/mol. The summed E-state index contributed by atoms with van der Waals surface area (Å²) < 4.78 is 5.21. The van der Waals surface area contributed by atoms with E-state index in [1.54, 1.807) is 0 Å². The van der Waals surface area contributed by atoms with Crippen LogP contribution in [0.1, 0.15) is 32.8 Å². The predicted molar refractivity (Wildman–Crippen MR) is 68.4 cm³/mol. The van der Waals surface area contributed by atoms with Gasteiger partial charge in [0.15, 0.2) is 0 Å².